The Kier molecular flexibility index (Phi) is 1.30. The fourth-order valence-corrected chi connectivity index (χ4v) is 0.608. The van der Waals surface area contributed by atoms with Gasteiger partial charge in [-0.3, -0.25) is 5.32 Å². The van der Waals surface area contributed by atoms with Gasteiger partial charge in [0.25, 0.3) is 0 Å². The Morgan fingerprint density at radius 1 is 1.71 bits per heavy atom. The van der Waals surface area contributed by atoms with Gasteiger partial charge in [0.15, 0.2) is 0 Å². The number of ether oxygens (including phenoxy) is 1. The van der Waals surface area contributed by atoms with E-state index in [0.717, 1.165) is 6.73 Å². The fourth-order valence-electron chi connectivity index (χ4n) is 0.608. The smallest absolute Gasteiger partial charge is 0.113 e. The van der Waals surface area contributed by atoms with Crippen molar-refractivity contribution >= 4 is 0 Å². The highest BCUT2D eigenvalue weighted by molar-refractivity contribution is 4.63. The van der Waals surface area contributed by atoms with E-state index in [1.54, 1.807) is 0 Å². The number of rotatable bonds is 1. The Hall–Kier alpha value is -0.0800. The van der Waals surface area contributed by atoms with Crippen molar-refractivity contribution in [2.45, 2.75) is 20.1 Å². The van der Waals surface area contributed by atoms with E-state index in [9.17, 15) is 0 Å². The zero-order valence-electron chi connectivity index (χ0n) is 4.77. The fraction of sp³-hybridized carbons (Fsp3) is 1.00. The maximum atomic E-state index is 5.08. The normalized spacial score (nSPS) is 30.4. The molecule has 1 heterocycles. The van der Waals surface area contributed by atoms with E-state index >= 15 is 0 Å². The second-order valence-corrected chi connectivity index (χ2v) is 2.18. The lowest BCUT2D eigenvalue weighted by atomic mass is 10.2. The van der Waals surface area contributed by atoms with Gasteiger partial charge in [-0.1, -0.05) is 13.8 Å². The van der Waals surface area contributed by atoms with Crippen LogP contribution in [0.15, 0.2) is 0 Å². The lowest BCUT2D eigenvalue weighted by Crippen LogP contribution is -2.49. The monoisotopic (exact) mass is 101 g/mol. The third-order valence-electron chi connectivity index (χ3n) is 1.15. The van der Waals surface area contributed by atoms with Crippen LogP contribution in [0.3, 0.4) is 0 Å². The number of nitrogens with one attached hydrogen (secondary N) is 1. The van der Waals surface area contributed by atoms with Gasteiger partial charge >= 0.3 is 0 Å². The Labute approximate surface area is 43.9 Å². The standard InChI is InChI=1S/C5H11NO/c1-4(2)5-6-3-7-5/h4-6H,3H2,1-2H3. The summed E-state index contributed by atoms with van der Waals surface area (Å²) in [6.07, 6.45) is 0.333. The SMILES string of the molecule is CC(C)C1NCO1. The molecule has 1 aliphatic rings. The summed E-state index contributed by atoms with van der Waals surface area (Å²) in [5, 5.41) is 3.12. The largest absolute Gasteiger partial charge is 0.348 e. The van der Waals surface area contributed by atoms with Crippen molar-refractivity contribution in [2.24, 2.45) is 5.92 Å². The molecule has 0 saturated carbocycles. The first-order chi connectivity index (χ1) is 3.30. The van der Waals surface area contributed by atoms with Crippen LogP contribution in [-0.2, 0) is 4.74 Å². The lowest BCUT2D eigenvalue weighted by molar-refractivity contribution is -0.113. The van der Waals surface area contributed by atoms with Crippen molar-refractivity contribution in [3.63, 3.8) is 0 Å². The highest BCUT2D eigenvalue weighted by Crippen LogP contribution is 2.07. The average molecular weight is 101 g/mol. The summed E-state index contributed by atoms with van der Waals surface area (Å²) in [6.45, 7) is 5.01. The van der Waals surface area contributed by atoms with Crippen LogP contribution >= 0.6 is 0 Å². The quantitative estimate of drug-likeness (QED) is 0.520. The van der Waals surface area contributed by atoms with Crippen LogP contribution in [0.2, 0.25) is 0 Å². The molecule has 1 saturated heterocycles. The van der Waals surface area contributed by atoms with Gasteiger partial charge in [-0.05, 0) is 5.92 Å². The molecular weight excluding hydrogens is 90.1 g/mol. The van der Waals surface area contributed by atoms with Gasteiger partial charge in [-0.15, -0.1) is 0 Å². The third-order valence-corrected chi connectivity index (χ3v) is 1.15. The topological polar surface area (TPSA) is 21.3 Å². The van der Waals surface area contributed by atoms with Gasteiger partial charge in [0, 0.05) is 0 Å². The van der Waals surface area contributed by atoms with Crippen molar-refractivity contribution in [3.05, 3.63) is 0 Å². The Bertz CT molecular complexity index is 59.1. The first-order valence-corrected chi connectivity index (χ1v) is 2.65. The summed E-state index contributed by atoms with van der Waals surface area (Å²) < 4.78 is 5.08. The van der Waals surface area contributed by atoms with E-state index < -0.39 is 0 Å². The number of hydrogen-bond donors (Lipinski definition) is 1. The molecule has 0 radical (unpaired) electrons. The van der Waals surface area contributed by atoms with E-state index in [0.29, 0.717) is 12.1 Å². The van der Waals surface area contributed by atoms with Gasteiger partial charge < -0.3 is 4.74 Å². The minimum atomic E-state index is 0.333. The maximum absolute atomic E-state index is 5.08. The summed E-state index contributed by atoms with van der Waals surface area (Å²) in [5.41, 5.74) is 0. The molecule has 0 aromatic carbocycles. The highest BCUT2D eigenvalue weighted by Gasteiger charge is 2.19. The molecule has 7 heavy (non-hydrogen) atoms. The number of hydrogen-bond acceptors (Lipinski definition) is 2. The molecule has 1 rings (SSSR count). The molecule has 1 aliphatic heterocycles. The first kappa shape index (κ1) is 5.06. The van der Waals surface area contributed by atoms with Crippen LogP contribution < -0.4 is 5.32 Å². The van der Waals surface area contributed by atoms with Crippen LogP contribution in [0.25, 0.3) is 0 Å². The van der Waals surface area contributed by atoms with Crippen LogP contribution in [0.5, 0.6) is 0 Å². The van der Waals surface area contributed by atoms with Gasteiger partial charge in [0.2, 0.25) is 0 Å². The molecule has 0 bridgehead atoms. The van der Waals surface area contributed by atoms with Crippen molar-refractivity contribution < 1.29 is 4.74 Å². The molecule has 0 aromatic heterocycles. The molecule has 0 amide bonds. The molecule has 0 aliphatic carbocycles. The lowest BCUT2D eigenvalue weighted by Gasteiger charge is -2.31. The first-order valence-electron chi connectivity index (χ1n) is 2.65. The Balaban J connectivity index is 2.14. The molecule has 0 spiro atoms. The molecule has 1 N–H and O–H groups in total. The summed E-state index contributed by atoms with van der Waals surface area (Å²) >= 11 is 0. The Morgan fingerprint density at radius 2 is 2.29 bits per heavy atom. The molecule has 2 heteroatoms. The van der Waals surface area contributed by atoms with E-state index in [-0.39, 0.29) is 0 Å². The minimum Gasteiger partial charge on any atom is -0.348 e. The van der Waals surface area contributed by atoms with Crippen LogP contribution in [0.4, 0.5) is 0 Å². The minimum absolute atomic E-state index is 0.333. The van der Waals surface area contributed by atoms with Gasteiger partial charge in [-0.25, -0.2) is 0 Å². The third kappa shape index (κ3) is 0.924. The van der Waals surface area contributed by atoms with Crippen molar-refractivity contribution in [1.29, 1.82) is 0 Å². The highest BCUT2D eigenvalue weighted by atomic mass is 16.6. The maximum Gasteiger partial charge on any atom is 0.113 e. The van der Waals surface area contributed by atoms with Gasteiger partial charge in [0.05, 0.1) is 0 Å². The van der Waals surface area contributed by atoms with E-state index in [1.807, 2.05) is 0 Å². The van der Waals surface area contributed by atoms with Crippen molar-refractivity contribution in [3.8, 4) is 0 Å². The van der Waals surface area contributed by atoms with Crippen molar-refractivity contribution in [1.82, 2.24) is 5.32 Å². The average Bonchev–Trinajstić information content (AvgIpc) is 1.23. The van der Waals surface area contributed by atoms with Gasteiger partial charge in [-0.2, -0.15) is 0 Å². The zero-order valence-corrected chi connectivity index (χ0v) is 4.77. The summed E-state index contributed by atoms with van der Waals surface area (Å²) in [6, 6.07) is 0. The van der Waals surface area contributed by atoms with E-state index in [1.165, 1.54) is 0 Å². The molecule has 0 aromatic rings. The van der Waals surface area contributed by atoms with Crippen LogP contribution in [-0.4, -0.2) is 13.0 Å². The van der Waals surface area contributed by atoms with E-state index in [4.69, 9.17) is 4.74 Å². The predicted molar refractivity (Wildman–Crippen MR) is 27.7 cm³/mol. The molecule has 42 valence electrons. The second-order valence-electron chi connectivity index (χ2n) is 2.18. The predicted octanol–water partition coefficient (Wildman–Crippen LogP) is 0.546. The summed E-state index contributed by atoms with van der Waals surface area (Å²) in [5.74, 6) is 0.619. The van der Waals surface area contributed by atoms with E-state index in [2.05, 4.69) is 19.2 Å². The van der Waals surface area contributed by atoms with Gasteiger partial charge in [0.1, 0.15) is 13.0 Å². The Morgan fingerprint density at radius 3 is 2.29 bits per heavy atom. The second kappa shape index (κ2) is 1.80. The summed E-state index contributed by atoms with van der Waals surface area (Å²) in [4.78, 5) is 0. The van der Waals surface area contributed by atoms with Crippen LogP contribution in [0, 0.1) is 5.92 Å². The zero-order chi connectivity index (χ0) is 5.28. The molecule has 1 unspecified atom stereocenters. The molecule has 2 nitrogen and oxygen atoms in total. The van der Waals surface area contributed by atoms with Crippen LogP contribution in [0.1, 0.15) is 13.8 Å². The molecule has 1 atom stereocenters. The van der Waals surface area contributed by atoms with Crippen molar-refractivity contribution in [2.75, 3.05) is 6.73 Å². The molecule has 1 fully saturated rings. The summed E-state index contributed by atoms with van der Waals surface area (Å²) in [7, 11) is 0. The molecular formula is C5H11NO.